The average Bonchev–Trinajstić information content (AvgIpc) is 2.66. The van der Waals surface area contributed by atoms with Gasteiger partial charge in [0, 0.05) is 23.4 Å². The molecule has 1 aromatic heterocycles. The number of benzene rings is 2. The highest BCUT2D eigenvalue weighted by molar-refractivity contribution is 7.81. The average molecular weight is 400 g/mol. The van der Waals surface area contributed by atoms with Crippen LogP contribution in [0.1, 0.15) is 11.1 Å². The molecule has 136 valence electrons. The van der Waals surface area contributed by atoms with Gasteiger partial charge in [-0.1, -0.05) is 48.1 Å². The number of aliphatic hydroxyl groups is 1. The molecule has 1 heterocycles. The molecule has 3 aromatic rings. The van der Waals surface area contributed by atoms with Gasteiger partial charge in [-0.15, -0.1) is 0 Å². The van der Waals surface area contributed by atoms with Crippen LogP contribution in [-0.2, 0) is 0 Å². The fourth-order valence-electron chi connectivity index (χ4n) is 2.54. The van der Waals surface area contributed by atoms with Crippen LogP contribution in [0.5, 0.6) is 0 Å². The Morgan fingerprint density at radius 1 is 1.07 bits per heavy atom. The van der Waals surface area contributed by atoms with Gasteiger partial charge in [0.2, 0.25) is 5.76 Å². The van der Waals surface area contributed by atoms with Gasteiger partial charge in [-0.05, 0) is 36.8 Å². The van der Waals surface area contributed by atoms with Crippen LogP contribution in [0.15, 0.2) is 73.1 Å². The number of pyridine rings is 1. The number of hydrogen-bond donors (Lipinski definition) is 2. The number of aromatic nitrogens is 1. The van der Waals surface area contributed by atoms with Gasteiger partial charge in [0.25, 0.3) is 5.70 Å². The molecule has 0 amide bonds. The summed E-state index contributed by atoms with van der Waals surface area (Å²) in [5.41, 5.74) is 1.81. The molecular weight excluding hydrogens is 383 g/mol. The third kappa shape index (κ3) is 4.32. The first-order valence-electron chi connectivity index (χ1n) is 8.19. The van der Waals surface area contributed by atoms with Crippen LogP contribution < -0.4 is 9.88 Å². The van der Waals surface area contributed by atoms with Crippen LogP contribution in [0.25, 0.3) is 11.5 Å². The van der Waals surface area contributed by atoms with E-state index in [1.165, 1.54) is 6.07 Å². The highest BCUT2D eigenvalue weighted by atomic mass is 35.5. The molecule has 0 aliphatic rings. The predicted molar refractivity (Wildman–Crippen MR) is 111 cm³/mol. The Morgan fingerprint density at radius 3 is 2.44 bits per heavy atom. The lowest BCUT2D eigenvalue weighted by atomic mass is 10.1. The number of hydrogen-bond acceptors (Lipinski definition) is 2. The van der Waals surface area contributed by atoms with Crippen molar-refractivity contribution in [3.05, 3.63) is 95.0 Å². The Labute approximate surface area is 167 Å². The molecule has 0 bridgehead atoms. The van der Waals surface area contributed by atoms with Crippen molar-refractivity contribution >= 4 is 46.0 Å². The van der Waals surface area contributed by atoms with E-state index in [0.717, 1.165) is 0 Å². The van der Waals surface area contributed by atoms with E-state index in [9.17, 15) is 9.50 Å². The summed E-state index contributed by atoms with van der Waals surface area (Å²) >= 11 is 11.8. The van der Waals surface area contributed by atoms with Crippen molar-refractivity contribution < 1.29 is 14.1 Å². The van der Waals surface area contributed by atoms with Gasteiger partial charge in [0.15, 0.2) is 17.4 Å². The maximum Gasteiger partial charge on any atom is 0.288 e. The molecule has 0 aliphatic carbocycles. The van der Waals surface area contributed by atoms with E-state index in [1.54, 1.807) is 60.3 Å². The van der Waals surface area contributed by atoms with Crippen molar-refractivity contribution in [2.75, 3.05) is 5.32 Å². The molecule has 0 spiro atoms. The van der Waals surface area contributed by atoms with E-state index >= 15 is 0 Å². The standard InChI is InChI=1S/C21H16ClFN2OS/c1-14-9-10-15(13-18(14)23)24-21(27)19(25-11-5-2-6-12-25)20(26)16-7-3-4-8-17(16)22/h2-13H,1H3,(H-,24,26,27)/p+1. The number of halogens is 2. The minimum atomic E-state index is -0.337. The molecule has 2 aromatic carbocycles. The van der Waals surface area contributed by atoms with Crippen LogP contribution >= 0.6 is 23.8 Å². The van der Waals surface area contributed by atoms with E-state index in [4.69, 9.17) is 23.8 Å². The smallest absolute Gasteiger partial charge is 0.288 e. The second kappa shape index (κ2) is 8.29. The summed E-state index contributed by atoms with van der Waals surface area (Å²) < 4.78 is 15.5. The molecular formula is C21H17ClFN2OS+. The molecule has 3 nitrogen and oxygen atoms in total. The Hall–Kier alpha value is -2.76. The van der Waals surface area contributed by atoms with Gasteiger partial charge in [0.1, 0.15) is 5.82 Å². The second-order valence-electron chi connectivity index (χ2n) is 5.88. The number of aryl methyl sites for hydroxylation is 1. The Balaban J connectivity index is 2.07. The first-order chi connectivity index (χ1) is 13.0. The maximum absolute atomic E-state index is 13.9. The highest BCUT2D eigenvalue weighted by Crippen LogP contribution is 2.25. The molecule has 3 rings (SSSR count). The van der Waals surface area contributed by atoms with E-state index in [-0.39, 0.29) is 16.6 Å². The van der Waals surface area contributed by atoms with Gasteiger partial charge in [-0.2, -0.15) is 4.57 Å². The molecule has 0 radical (unpaired) electrons. The van der Waals surface area contributed by atoms with Crippen LogP contribution in [0.2, 0.25) is 5.02 Å². The lowest BCUT2D eigenvalue weighted by molar-refractivity contribution is -0.575. The van der Waals surface area contributed by atoms with Gasteiger partial charge in [0.05, 0.1) is 5.02 Å². The zero-order valence-electron chi connectivity index (χ0n) is 14.5. The van der Waals surface area contributed by atoms with E-state index in [0.29, 0.717) is 27.5 Å². The summed E-state index contributed by atoms with van der Waals surface area (Å²) in [4.78, 5) is 0.229. The lowest BCUT2D eigenvalue weighted by Gasteiger charge is -2.11. The monoisotopic (exact) mass is 399 g/mol. The highest BCUT2D eigenvalue weighted by Gasteiger charge is 2.24. The number of thiocarbonyl (C=S) groups is 1. The number of anilines is 1. The first kappa shape index (κ1) is 19.0. The summed E-state index contributed by atoms with van der Waals surface area (Å²) in [5.74, 6) is -0.419. The third-order valence-electron chi connectivity index (χ3n) is 3.97. The molecule has 0 atom stereocenters. The van der Waals surface area contributed by atoms with Crippen molar-refractivity contribution in [3.63, 3.8) is 0 Å². The van der Waals surface area contributed by atoms with Crippen LogP contribution in [-0.4, -0.2) is 10.1 Å². The van der Waals surface area contributed by atoms with E-state index in [1.807, 2.05) is 18.2 Å². The number of rotatable bonds is 4. The Morgan fingerprint density at radius 2 is 1.78 bits per heavy atom. The first-order valence-corrected chi connectivity index (χ1v) is 8.98. The molecule has 27 heavy (non-hydrogen) atoms. The van der Waals surface area contributed by atoms with Crippen molar-refractivity contribution in [2.24, 2.45) is 0 Å². The van der Waals surface area contributed by atoms with Gasteiger partial charge in [-0.25, -0.2) is 4.39 Å². The summed E-state index contributed by atoms with van der Waals surface area (Å²) in [6.07, 6.45) is 3.51. The zero-order valence-corrected chi connectivity index (χ0v) is 16.1. The van der Waals surface area contributed by atoms with Crippen molar-refractivity contribution in [1.29, 1.82) is 0 Å². The lowest BCUT2D eigenvalue weighted by Crippen LogP contribution is -2.38. The van der Waals surface area contributed by atoms with Crippen LogP contribution in [0.4, 0.5) is 10.1 Å². The van der Waals surface area contributed by atoms with E-state index in [2.05, 4.69) is 5.32 Å². The SMILES string of the molecule is Cc1ccc(NC(=S)C(=C(O)c2ccccc2Cl)[n+]2ccccc2)cc1F. The second-order valence-corrected chi connectivity index (χ2v) is 6.69. The summed E-state index contributed by atoms with van der Waals surface area (Å²) in [6.45, 7) is 1.69. The van der Waals surface area contributed by atoms with Gasteiger partial charge < -0.3 is 10.4 Å². The largest absolute Gasteiger partial charge is 0.502 e. The molecule has 0 saturated carbocycles. The maximum atomic E-state index is 13.9. The normalized spacial score (nSPS) is 11.7. The van der Waals surface area contributed by atoms with Crippen LogP contribution in [0.3, 0.4) is 0 Å². The predicted octanol–water partition coefficient (Wildman–Crippen LogP) is 5.40. The minimum absolute atomic E-state index is 0.0816. The molecule has 0 unspecified atom stereocenters. The fraction of sp³-hybridized carbons (Fsp3) is 0.0476. The Bertz CT molecular complexity index is 1020. The number of aliphatic hydroxyl groups excluding tert-OH is 1. The molecule has 2 N–H and O–H groups in total. The summed E-state index contributed by atoms with van der Waals surface area (Å²) in [6, 6.07) is 17.2. The minimum Gasteiger partial charge on any atom is -0.502 e. The molecule has 0 aliphatic heterocycles. The van der Waals surface area contributed by atoms with E-state index < -0.39 is 0 Å². The third-order valence-corrected chi connectivity index (χ3v) is 4.60. The molecule has 0 fully saturated rings. The zero-order chi connectivity index (χ0) is 19.4. The van der Waals surface area contributed by atoms with Crippen molar-refractivity contribution in [2.45, 2.75) is 6.92 Å². The summed E-state index contributed by atoms with van der Waals surface area (Å²) in [7, 11) is 0. The van der Waals surface area contributed by atoms with Crippen molar-refractivity contribution in [3.8, 4) is 0 Å². The Kier molecular flexibility index (Phi) is 5.84. The number of nitrogens with zero attached hydrogens (tertiary/aromatic N) is 1. The van der Waals surface area contributed by atoms with Crippen LogP contribution in [0, 0.1) is 12.7 Å². The van der Waals surface area contributed by atoms with Gasteiger partial charge in [-0.3, -0.25) is 0 Å². The molecule has 0 saturated heterocycles. The number of nitrogens with one attached hydrogen (secondary N) is 1. The van der Waals surface area contributed by atoms with Gasteiger partial charge >= 0.3 is 0 Å². The van der Waals surface area contributed by atoms with Crippen molar-refractivity contribution in [1.82, 2.24) is 0 Å². The fourth-order valence-corrected chi connectivity index (χ4v) is 3.08. The quantitative estimate of drug-likeness (QED) is 0.267. The molecule has 6 heteroatoms. The topological polar surface area (TPSA) is 36.1 Å². The summed E-state index contributed by atoms with van der Waals surface area (Å²) in [5, 5.41) is 14.3.